The third kappa shape index (κ3) is 3.72. The van der Waals surface area contributed by atoms with Crippen molar-refractivity contribution >= 4 is 40.5 Å². The van der Waals surface area contributed by atoms with Crippen LogP contribution in [0.3, 0.4) is 0 Å². The molecule has 0 fully saturated rings. The smallest absolute Gasteiger partial charge is 0.126 e. The molecule has 1 N–H and O–H groups in total. The van der Waals surface area contributed by atoms with Crippen LogP contribution in [0.25, 0.3) is 0 Å². The molecule has 0 aromatic heterocycles. The minimum atomic E-state index is -0.628. The van der Waals surface area contributed by atoms with Crippen molar-refractivity contribution in [2.24, 2.45) is 0 Å². The summed E-state index contributed by atoms with van der Waals surface area (Å²) in [4.78, 5) is 0. The van der Waals surface area contributed by atoms with Gasteiger partial charge in [0.15, 0.2) is 0 Å². The lowest BCUT2D eigenvalue weighted by Gasteiger charge is -2.10. The molecule has 0 radical (unpaired) electrons. The van der Waals surface area contributed by atoms with Crippen LogP contribution in [0.1, 0.15) is 5.56 Å². The van der Waals surface area contributed by atoms with E-state index in [-0.39, 0.29) is 6.54 Å². The van der Waals surface area contributed by atoms with Gasteiger partial charge in [0, 0.05) is 12.6 Å². The number of hydrogen-bond acceptors (Lipinski definition) is 1. The summed E-state index contributed by atoms with van der Waals surface area (Å²) in [6, 6.07) is 6.35. The van der Waals surface area contributed by atoms with Gasteiger partial charge in [0.05, 0.1) is 20.8 Å². The van der Waals surface area contributed by atoms with Gasteiger partial charge in [-0.1, -0.05) is 34.8 Å². The third-order valence-corrected chi connectivity index (χ3v) is 3.45. The lowest BCUT2D eigenvalue weighted by atomic mass is 10.2. The quantitative estimate of drug-likeness (QED) is 0.732. The maximum absolute atomic E-state index is 13.0. The molecule has 2 aromatic rings. The molecule has 6 heteroatoms. The van der Waals surface area contributed by atoms with E-state index in [1.807, 2.05) is 0 Å². The zero-order valence-corrected chi connectivity index (χ0v) is 11.8. The molecular formula is C13H8Cl3F2N. The highest BCUT2D eigenvalue weighted by Gasteiger charge is 2.06. The van der Waals surface area contributed by atoms with Crippen LogP contribution in [-0.4, -0.2) is 0 Å². The number of nitrogens with one attached hydrogen (secondary N) is 1. The van der Waals surface area contributed by atoms with Crippen molar-refractivity contribution in [3.05, 3.63) is 62.6 Å². The van der Waals surface area contributed by atoms with E-state index in [2.05, 4.69) is 5.32 Å². The Kier molecular flexibility index (Phi) is 4.50. The second kappa shape index (κ2) is 5.95. The number of halogens is 5. The molecule has 0 saturated heterocycles. The van der Waals surface area contributed by atoms with Crippen molar-refractivity contribution in [2.45, 2.75) is 6.54 Å². The first-order chi connectivity index (χ1) is 8.95. The van der Waals surface area contributed by atoms with E-state index in [9.17, 15) is 8.78 Å². The van der Waals surface area contributed by atoms with Crippen molar-refractivity contribution in [3.8, 4) is 0 Å². The summed E-state index contributed by atoms with van der Waals surface area (Å²) in [5, 5.41) is 4.01. The number of anilines is 1. The van der Waals surface area contributed by atoms with E-state index in [0.29, 0.717) is 26.3 Å². The van der Waals surface area contributed by atoms with Crippen LogP contribution in [0.5, 0.6) is 0 Å². The second-order valence-corrected chi connectivity index (χ2v) is 5.10. The summed E-state index contributed by atoms with van der Waals surface area (Å²) >= 11 is 17.6. The molecule has 0 bridgehead atoms. The predicted molar refractivity (Wildman–Crippen MR) is 75.2 cm³/mol. The number of hydrogen-bond donors (Lipinski definition) is 1. The van der Waals surface area contributed by atoms with Gasteiger partial charge in [0.2, 0.25) is 0 Å². The summed E-state index contributed by atoms with van der Waals surface area (Å²) < 4.78 is 26.0. The SMILES string of the molecule is Fc1cc(F)cc(CNc2cc(Cl)c(Cl)cc2Cl)c1. The highest BCUT2D eigenvalue weighted by molar-refractivity contribution is 6.44. The van der Waals surface area contributed by atoms with Gasteiger partial charge in [-0.15, -0.1) is 0 Å². The van der Waals surface area contributed by atoms with Gasteiger partial charge < -0.3 is 5.32 Å². The Hall–Kier alpha value is -1.03. The summed E-state index contributed by atoms with van der Waals surface area (Å²) in [7, 11) is 0. The van der Waals surface area contributed by atoms with Gasteiger partial charge in [0.25, 0.3) is 0 Å². The second-order valence-electron chi connectivity index (χ2n) is 3.88. The van der Waals surface area contributed by atoms with Crippen LogP contribution in [0.4, 0.5) is 14.5 Å². The van der Waals surface area contributed by atoms with Crippen molar-refractivity contribution in [1.29, 1.82) is 0 Å². The average molecular weight is 323 g/mol. The Morgan fingerprint density at radius 2 is 1.37 bits per heavy atom. The molecule has 0 aliphatic heterocycles. The lowest BCUT2D eigenvalue weighted by molar-refractivity contribution is 0.580. The lowest BCUT2D eigenvalue weighted by Crippen LogP contribution is -2.01. The summed E-state index contributed by atoms with van der Waals surface area (Å²) in [6.45, 7) is 0.215. The molecule has 100 valence electrons. The van der Waals surface area contributed by atoms with Crippen LogP contribution in [0, 0.1) is 11.6 Å². The van der Waals surface area contributed by atoms with Gasteiger partial charge in [0.1, 0.15) is 11.6 Å². The summed E-state index contributed by atoms with van der Waals surface area (Å²) in [5.41, 5.74) is 1.00. The molecule has 0 amide bonds. The van der Waals surface area contributed by atoms with Crippen LogP contribution in [-0.2, 0) is 6.54 Å². The van der Waals surface area contributed by atoms with Crippen molar-refractivity contribution < 1.29 is 8.78 Å². The monoisotopic (exact) mass is 321 g/mol. The van der Waals surface area contributed by atoms with Gasteiger partial charge in [-0.3, -0.25) is 0 Å². The zero-order valence-electron chi connectivity index (χ0n) is 9.48. The Balaban J connectivity index is 2.16. The zero-order chi connectivity index (χ0) is 14.0. The first-order valence-electron chi connectivity index (χ1n) is 5.29. The maximum Gasteiger partial charge on any atom is 0.126 e. The first-order valence-corrected chi connectivity index (χ1v) is 6.42. The first kappa shape index (κ1) is 14.4. The minimum absolute atomic E-state index is 0.215. The molecule has 0 atom stereocenters. The fourth-order valence-electron chi connectivity index (χ4n) is 1.57. The Morgan fingerprint density at radius 3 is 2.00 bits per heavy atom. The highest BCUT2D eigenvalue weighted by atomic mass is 35.5. The summed E-state index contributed by atoms with van der Waals surface area (Å²) in [6.07, 6.45) is 0. The number of benzene rings is 2. The van der Waals surface area contributed by atoms with Gasteiger partial charge in [-0.05, 0) is 29.8 Å². The molecule has 0 saturated carbocycles. The normalized spacial score (nSPS) is 10.6. The average Bonchev–Trinajstić information content (AvgIpc) is 2.31. The van der Waals surface area contributed by atoms with E-state index in [1.54, 1.807) is 6.07 Å². The van der Waals surface area contributed by atoms with Gasteiger partial charge >= 0.3 is 0 Å². The predicted octanol–water partition coefficient (Wildman–Crippen LogP) is 5.54. The van der Waals surface area contributed by atoms with Crippen LogP contribution >= 0.6 is 34.8 Å². The topological polar surface area (TPSA) is 12.0 Å². The van der Waals surface area contributed by atoms with Crippen molar-refractivity contribution in [3.63, 3.8) is 0 Å². The fraction of sp³-hybridized carbons (Fsp3) is 0.0769. The largest absolute Gasteiger partial charge is 0.380 e. The molecule has 0 unspecified atom stereocenters. The van der Waals surface area contributed by atoms with Crippen LogP contribution < -0.4 is 5.32 Å². The standard InChI is InChI=1S/C13H8Cl3F2N/c14-10-4-12(16)13(5-11(10)15)19-6-7-1-8(17)3-9(18)2-7/h1-5,19H,6H2. The highest BCUT2D eigenvalue weighted by Crippen LogP contribution is 2.32. The van der Waals surface area contributed by atoms with Crippen LogP contribution in [0.2, 0.25) is 15.1 Å². The molecular weight excluding hydrogens is 315 g/mol. The minimum Gasteiger partial charge on any atom is -0.380 e. The van der Waals surface area contributed by atoms with E-state index in [4.69, 9.17) is 34.8 Å². The van der Waals surface area contributed by atoms with Crippen LogP contribution in [0.15, 0.2) is 30.3 Å². The molecule has 0 heterocycles. The van der Waals surface area contributed by atoms with Crippen molar-refractivity contribution in [2.75, 3.05) is 5.32 Å². The molecule has 2 rings (SSSR count). The number of rotatable bonds is 3. The Labute approximate surface area is 124 Å². The Morgan fingerprint density at radius 1 is 0.789 bits per heavy atom. The van der Waals surface area contributed by atoms with Gasteiger partial charge in [-0.25, -0.2) is 8.78 Å². The molecule has 0 aliphatic rings. The Bertz CT molecular complexity index is 597. The fourth-order valence-corrected chi connectivity index (χ4v) is 2.18. The molecule has 1 nitrogen and oxygen atoms in total. The van der Waals surface area contributed by atoms with E-state index >= 15 is 0 Å². The van der Waals surface area contributed by atoms with E-state index in [0.717, 1.165) is 6.07 Å². The third-order valence-electron chi connectivity index (χ3n) is 2.42. The molecule has 0 spiro atoms. The van der Waals surface area contributed by atoms with E-state index < -0.39 is 11.6 Å². The van der Waals surface area contributed by atoms with Gasteiger partial charge in [-0.2, -0.15) is 0 Å². The van der Waals surface area contributed by atoms with Crippen molar-refractivity contribution in [1.82, 2.24) is 0 Å². The maximum atomic E-state index is 13.0. The summed E-state index contributed by atoms with van der Waals surface area (Å²) in [5.74, 6) is -1.26. The van der Waals surface area contributed by atoms with E-state index in [1.165, 1.54) is 18.2 Å². The molecule has 0 aliphatic carbocycles. The molecule has 19 heavy (non-hydrogen) atoms. The molecule has 2 aromatic carbocycles.